The quantitative estimate of drug-likeness (QED) is 0.629. The van der Waals surface area contributed by atoms with E-state index in [2.05, 4.69) is 4.98 Å². The first-order valence-corrected chi connectivity index (χ1v) is 9.42. The Morgan fingerprint density at radius 1 is 1.17 bits per heavy atom. The standard InChI is InChI=1S/C22H21N3O4/c23-19-9-8-15(10-24-19)14-6-4-13(5-7-14)11-25-12-16(22(28)29)21(27)20-17(25)2-1-3-18(20)26/h4-10,12,18,26H,1-3,11H2,(H2,23,24)(H,28,29). The number of aromatic carboxylic acids is 1. The molecule has 0 aliphatic heterocycles. The van der Waals surface area contributed by atoms with E-state index in [-0.39, 0.29) is 11.1 Å². The molecule has 2 heterocycles. The molecule has 29 heavy (non-hydrogen) atoms. The van der Waals surface area contributed by atoms with E-state index in [1.807, 2.05) is 30.3 Å². The average molecular weight is 391 g/mol. The van der Waals surface area contributed by atoms with Crippen LogP contribution in [0.3, 0.4) is 0 Å². The Bertz CT molecular complexity index is 1120. The number of nitrogens with two attached hydrogens (primary N) is 1. The number of benzene rings is 1. The molecule has 2 aromatic heterocycles. The van der Waals surface area contributed by atoms with E-state index in [0.29, 0.717) is 30.9 Å². The first-order valence-electron chi connectivity index (χ1n) is 9.42. The normalized spacial score (nSPS) is 15.7. The van der Waals surface area contributed by atoms with Gasteiger partial charge in [-0.1, -0.05) is 24.3 Å². The van der Waals surface area contributed by atoms with Crippen molar-refractivity contribution in [3.8, 4) is 11.1 Å². The maximum absolute atomic E-state index is 12.5. The highest BCUT2D eigenvalue weighted by Gasteiger charge is 2.27. The van der Waals surface area contributed by atoms with E-state index in [1.165, 1.54) is 6.20 Å². The van der Waals surface area contributed by atoms with Crippen molar-refractivity contribution in [3.05, 3.63) is 81.4 Å². The number of pyridine rings is 2. The second-order valence-corrected chi connectivity index (χ2v) is 7.24. The zero-order valence-electron chi connectivity index (χ0n) is 15.7. The number of rotatable bonds is 4. The maximum atomic E-state index is 12.5. The molecular weight excluding hydrogens is 370 g/mol. The molecule has 0 amide bonds. The average Bonchev–Trinajstić information content (AvgIpc) is 2.71. The van der Waals surface area contributed by atoms with Crippen LogP contribution in [0.5, 0.6) is 0 Å². The molecule has 0 fully saturated rings. The van der Waals surface area contributed by atoms with Crippen molar-refractivity contribution in [3.63, 3.8) is 0 Å². The number of hydrogen-bond acceptors (Lipinski definition) is 5. The van der Waals surface area contributed by atoms with Crippen LogP contribution in [0.1, 0.15) is 46.1 Å². The lowest BCUT2D eigenvalue weighted by Gasteiger charge is -2.25. The van der Waals surface area contributed by atoms with Crippen LogP contribution in [0.25, 0.3) is 11.1 Å². The summed E-state index contributed by atoms with van der Waals surface area (Å²) in [6.45, 7) is 0.413. The molecule has 1 aromatic carbocycles. The van der Waals surface area contributed by atoms with Gasteiger partial charge in [-0.05, 0) is 42.5 Å². The van der Waals surface area contributed by atoms with Gasteiger partial charge in [0.15, 0.2) is 0 Å². The smallest absolute Gasteiger partial charge is 0.341 e. The van der Waals surface area contributed by atoms with Crippen LogP contribution in [0.4, 0.5) is 5.82 Å². The Kier molecular flexibility index (Phi) is 4.90. The summed E-state index contributed by atoms with van der Waals surface area (Å²) in [7, 11) is 0. The van der Waals surface area contributed by atoms with E-state index in [4.69, 9.17) is 5.73 Å². The predicted octanol–water partition coefficient (Wildman–Crippen LogP) is 2.61. The second-order valence-electron chi connectivity index (χ2n) is 7.24. The number of aliphatic hydroxyl groups is 1. The molecule has 7 heteroatoms. The van der Waals surface area contributed by atoms with Crippen molar-refractivity contribution >= 4 is 11.8 Å². The van der Waals surface area contributed by atoms with Crippen LogP contribution < -0.4 is 11.2 Å². The van der Waals surface area contributed by atoms with Gasteiger partial charge in [0.1, 0.15) is 11.4 Å². The monoisotopic (exact) mass is 391 g/mol. The number of anilines is 1. The highest BCUT2D eigenvalue weighted by atomic mass is 16.4. The summed E-state index contributed by atoms with van der Waals surface area (Å²) in [4.78, 5) is 28.2. The molecule has 0 radical (unpaired) electrons. The fourth-order valence-electron chi connectivity index (χ4n) is 3.82. The maximum Gasteiger partial charge on any atom is 0.341 e. The number of nitrogen functional groups attached to an aromatic ring is 1. The van der Waals surface area contributed by atoms with Crippen LogP contribution in [0.2, 0.25) is 0 Å². The zero-order valence-corrected chi connectivity index (χ0v) is 15.7. The lowest BCUT2D eigenvalue weighted by Crippen LogP contribution is -2.30. The predicted molar refractivity (Wildman–Crippen MR) is 109 cm³/mol. The molecule has 1 unspecified atom stereocenters. The van der Waals surface area contributed by atoms with Crippen LogP contribution in [0.15, 0.2) is 53.6 Å². The number of carbonyl (C=O) groups is 1. The summed E-state index contributed by atoms with van der Waals surface area (Å²) in [5, 5.41) is 19.7. The number of nitrogens with zero attached hydrogens (tertiary/aromatic N) is 2. The zero-order chi connectivity index (χ0) is 20.5. The summed E-state index contributed by atoms with van der Waals surface area (Å²) in [6.07, 6.45) is 4.04. The van der Waals surface area contributed by atoms with Crippen LogP contribution in [-0.2, 0) is 13.0 Å². The van der Waals surface area contributed by atoms with Crippen molar-refractivity contribution in [1.29, 1.82) is 0 Å². The molecule has 7 nitrogen and oxygen atoms in total. The van der Waals surface area contributed by atoms with Gasteiger partial charge in [0.25, 0.3) is 0 Å². The van der Waals surface area contributed by atoms with Gasteiger partial charge in [-0.25, -0.2) is 9.78 Å². The van der Waals surface area contributed by atoms with Gasteiger partial charge >= 0.3 is 5.97 Å². The molecule has 3 aromatic rings. The number of carboxylic acid groups (broad SMARTS) is 1. The number of aromatic nitrogens is 2. The highest BCUT2D eigenvalue weighted by molar-refractivity contribution is 5.87. The Hall–Kier alpha value is -3.45. The van der Waals surface area contributed by atoms with Gasteiger partial charge in [0.2, 0.25) is 5.43 Å². The fraction of sp³-hybridized carbons (Fsp3) is 0.227. The third kappa shape index (κ3) is 3.64. The Morgan fingerprint density at radius 2 is 1.90 bits per heavy atom. The molecule has 0 spiro atoms. The van der Waals surface area contributed by atoms with Crippen molar-refractivity contribution in [1.82, 2.24) is 9.55 Å². The van der Waals surface area contributed by atoms with Crippen LogP contribution in [-0.4, -0.2) is 25.7 Å². The summed E-state index contributed by atoms with van der Waals surface area (Å²) in [6, 6.07) is 11.5. The molecule has 1 atom stereocenters. The summed E-state index contributed by atoms with van der Waals surface area (Å²) in [5.74, 6) is -0.819. The van der Waals surface area contributed by atoms with Crippen molar-refractivity contribution in [2.75, 3.05) is 5.73 Å². The number of hydrogen-bond donors (Lipinski definition) is 3. The topological polar surface area (TPSA) is 118 Å². The fourth-order valence-corrected chi connectivity index (χ4v) is 3.82. The van der Waals surface area contributed by atoms with Crippen LogP contribution in [0, 0.1) is 0 Å². The molecule has 148 valence electrons. The molecule has 4 N–H and O–H groups in total. The number of aliphatic hydroxyl groups excluding tert-OH is 1. The van der Waals surface area contributed by atoms with Gasteiger partial charge in [0.05, 0.1) is 6.10 Å². The van der Waals surface area contributed by atoms with E-state index >= 15 is 0 Å². The molecule has 1 aliphatic rings. The van der Waals surface area contributed by atoms with Gasteiger partial charge in [-0.2, -0.15) is 0 Å². The van der Waals surface area contributed by atoms with Crippen molar-refractivity contribution in [2.24, 2.45) is 0 Å². The van der Waals surface area contributed by atoms with Crippen molar-refractivity contribution < 1.29 is 15.0 Å². The minimum atomic E-state index is -1.28. The lowest BCUT2D eigenvalue weighted by atomic mass is 9.91. The van der Waals surface area contributed by atoms with E-state index in [9.17, 15) is 19.8 Å². The highest BCUT2D eigenvalue weighted by Crippen LogP contribution is 2.28. The largest absolute Gasteiger partial charge is 0.477 e. The second kappa shape index (κ2) is 7.52. The third-order valence-corrected chi connectivity index (χ3v) is 5.31. The number of fused-ring (bicyclic) bond motifs is 1. The van der Waals surface area contributed by atoms with Gasteiger partial charge in [-0.3, -0.25) is 4.79 Å². The van der Waals surface area contributed by atoms with E-state index in [1.54, 1.807) is 16.8 Å². The first kappa shape index (κ1) is 18.9. The summed E-state index contributed by atoms with van der Waals surface area (Å²) >= 11 is 0. The summed E-state index contributed by atoms with van der Waals surface area (Å²) in [5.41, 5.74) is 8.57. The molecule has 0 saturated heterocycles. The Labute approximate surface area is 167 Å². The molecule has 4 rings (SSSR count). The molecule has 1 aliphatic carbocycles. The Morgan fingerprint density at radius 3 is 2.55 bits per heavy atom. The van der Waals surface area contributed by atoms with Gasteiger partial charge in [-0.15, -0.1) is 0 Å². The SMILES string of the molecule is Nc1ccc(-c2ccc(Cn3cc(C(=O)O)c(=O)c4c3CCCC4O)cc2)cn1. The van der Waals surface area contributed by atoms with Gasteiger partial charge < -0.3 is 20.5 Å². The summed E-state index contributed by atoms with van der Waals surface area (Å²) < 4.78 is 1.78. The van der Waals surface area contributed by atoms with E-state index in [0.717, 1.165) is 23.1 Å². The van der Waals surface area contributed by atoms with E-state index < -0.39 is 17.5 Å². The Balaban J connectivity index is 1.70. The minimum Gasteiger partial charge on any atom is -0.477 e. The molecule has 0 bridgehead atoms. The van der Waals surface area contributed by atoms with Gasteiger partial charge in [0, 0.05) is 35.8 Å². The molecule has 0 saturated carbocycles. The minimum absolute atomic E-state index is 0.223. The first-order chi connectivity index (χ1) is 13.9. The third-order valence-electron chi connectivity index (χ3n) is 5.31. The number of carboxylic acids is 1. The van der Waals surface area contributed by atoms with Crippen LogP contribution >= 0.6 is 0 Å². The molecular formula is C22H21N3O4. The lowest BCUT2D eigenvalue weighted by molar-refractivity contribution is 0.0693. The van der Waals surface area contributed by atoms with Crippen molar-refractivity contribution in [2.45, 2.75) is 31.9 Å².